The van der Waals surface area contributed by atoms with Crippen molar-refractivity contribution < 1.29 is 4.39 Å². The highest BCUT2D eigenvalue weighted by atomic mass is 19.1. The number of hydrogen-bond donors (Lipinski definition) is 1. The Labute approximate surface area is 232 Å². The van der Waals surface area contributed by atoms with Crippen LogP contribution in [0.2, 0.25) is 0 Å². The molecule has 1 aliphatic rings. The van der Waals surface area contributed by atoms with E-state index in [9.17, 15) is 9.18 Å². The van der Waals surface area contributed by atoms with Gasteiger partial charge in [-0.2, -0.15) is 0 Å². The minimum absolute atomic E-state index is 0.156. The first-order valence-electron chi connectivity index (χ1n) is 14.0. The Hall–Kier alpha value is -4.17. The first-order chi connectivity index (χ1) is 19.6. The van der Waals surface area contributed by atoms with Crippen molar-refractivity contribution in [1.29, 1.82) is 0 Å². The number of halogens is 1. The normalized spacial score (nSPS) is 14.8. The van der Waals surface area contributed by atoms with Crippen LogP contribution in [-0.4, -0.2) is 36.6 Å². The molecule has 5 aromatic rings. The summed E-state index contributed by atoms with van der Waals surface area (Å²) in [6.07, 6.45) is 5.07. The van der Waals surface area contributed by atoms with Gasteiger partial charge in [-0.3, -0.25) is 9.69 Å². The fraction of sp³-hybridized carbons (Fsp3) is 0.312. The van der Waals surface area contributed by atoms with Crippen LogP contribution in [-0.2, 0) is 13.0 Å². The number of aromatic nitrogens is 5. The number of hydrogen-bond acceptors (Lipinski definition) is 5. The number of H-pyrrole nitrogens is 1. The van der Waals surface area contributed by atoms with Crippen molar-refractivity contribution in [3.63, 3.8) is 0 Å². The van der Waals surface area contributed by atoms with Gasteiger partial charge in [0.05, 0.1) is 11.6 Å². The maximum absolute atomic E-state index is 13.8. The van der Waals surface area contributed by atoms with Gasteiger partial charge < -0.3 is 4.98 Å². The molecule has 0 unspecified atom stereocenters. The van der Waals surface area contributed by atoms with Crippen molar-refractivity contribution in [3.8, 4) is 0 Å². The van der Waals surface area contributed by atoms with Crippen LogP contribution in [0.4, 0.5) is 4.39 Å². The van der Waals surface area contributed by atoms with Gasteiger partial charge in [-0.25, -0.2) is 9.07 Å². The monoisotopic (exact) mass is 536 g/mol. The zero-order valence-corrected chi connectivity index (χ0v) is 22.6. The average Bonchev–Trinajstić information content (AvgIpc) is 3.67. The quantitative estimate of drug-likeness (QED) is 0.253. The van der Waals surface area contributed by atoms with Gasteiger partial charge in [-0.15, -0.1) is 5.10 Å². The van der Waals surface area contributed by atoms with Crippen molar-refractivity contribution in [2.24, 2.45) is 0 Å². The van der Waals surface area contributed by atoms with Gasteiger partial charge in [0.2, 0.25) is 0 Å². The van der Waals surface area contributed by atoms with E-state index in [0.717, 1.165) is 54.1 Å². The molecule has 1 atom stereocenters. The largest absolute Gasteiger partial charge is 0.321 e. The number of nitrogens with zero attached hydrogens (tertiary/aromatic N) is 5. The van der Waals surface area contributed by atoms with Crippen molar-refractivity contribution in [2.45, 2.75) is 57.7 Å². The van der Waals surface area contributed by atoms with Crippen molar-refractivity contribution in [1.82, 2.24) is 30.1 Å². The van der Waals surface area contributed by atoms with Gasteiger partial charge in [0.15, 0.2) is 5.82 Å². The molecule has 0 aliphatic heterocycles. The standard InChI is InChI=1S/C32H33FN6O/c1-22-8-7-11-25-20-28(32(40)34-29(22)25)30(31-35-36-37-39(31)27-12-5-6-13-27)38(19-18-23-9-3-2-4-10-23)21-24-14-16-26(33)17-15-24/h2-4,7-11,14-17,20,27,30H,5-6,12-13,18-19,21H2,1H3,(H,34,40)/t30-/m0/s1. The van der Waals surface area contributed by atoms with Crippen LogP contribution in [0, 0.1) is 12.7 Å². The zero-order valence-electron chi connectivity index (χ0n) is 22.6. The van der Waals surface area contributed by atoms with Crippen LogP contribution in [0.1, 0.15) is 65.8 Å². The van der Waals surface area contributed by atoms with Gasteiger partial charge >= 0.3 is 0 Å². The molecule has 0 amide bonds. The number of pyridine rings is 1. The lowest BCUT2D eigenvalue weighted by molar-refractivity contribution is 0.201. The number of aryl methyl sites for hydroxylation is 1. The Kier molecular flexibility index (Phi) is 7.51. The second-order valence-corrected chi connectivity index (χ2v) is 10.7. The SMILES string of the molecule is Cc1cccc2cc([C@@H](c3nnnn3C3CCCC3)N(CCc3ccccc3)Cc3ccc(F)cc3)c(=O)[nH]c12. The Morgan fingerprint density at radius 2 is 1.77 bits per heavy atom. The summed E-state index contributed by atoms with van der Waals surface area (Å²) < 4.78 is 15.8. The van der Waals surface area contributed by atoms with E-state index in [1.54, 1.807) is 12.1 Å². The Bertz CT molecular complexity index is 1640. The first-order valence-corrected chi connectivity index (χ1v) is 14.0. The molecular formula is C32H33FN6O. The third kappa shape index (κ3) is 5.45. The Morgan fingerprint density at radius 3 is 2.55 bits per heavy atom. The lowest BCUT2D eigenvalue weighted by atomic mass is 10.00. The van der Waals surface area contributed by atoms with E-state index in [1.807, 2.05) is 54.1 Å². The molecule has 0 saturated heterocycles. The molecule has 204 valence electrons. The molecular weight excluding hydrogens is 503 g/mol. The van der Waals surface area contributed by atoms with E-state index >= 15 is 0 Å². The predicted molar refractivity (Wildman–Crippen MR) is 153 cm³/mol. The first kappa shape index (κ1) is 26.1. The topological polar surface area (TPSA) is 79.7 Å². The van der Waals surface area contributed by atoms with Crippen LogP contribution in [0.25, 0.3) is 10.9 Å². The molecule has 1 fully saturated rings. The zero-order chi connectivity index (χ0) is 27.5. The number of para-hydroxylation sites is 1. The third-order valence-electron chi connectivity index (χ3n) is 8.04. The molecule has 1 saturated carbocycles. The molecule has 6 rings (SSSR count). The van der Waals surface area contributed by atoms with Gasteiger partial charge in [-0.1, -0.05) is 73.5 Å². The molecule has 0 spiro atoms. The van der Waals surface area contributed by atoms with E-state index in [-0.39, 0.29) is 17.4 Å². The molecule has 1 N–H and O–H groups in total. The number of fused-ring (bicyclic) bond motifs is 1. The summed E-state index contributed by atoms with van der Waals surface area (Å²) in [4.78, 5) is 19.2. The number of benzene rings is 3. The van der Waals surface area contributed by atoms with Crippen LogP contribution in [0.5, 0.6) is 0 Å². The summed E-state index contributed by atoms with van der Waals surface area (Å²) in [6.45, 7) is 3.15. The smallest absolute Gasteiger partial charge is 0.253 e. The summed E-state index contributed by atoms with van der Waals surface area (Å²) >= 11 is 0. The molecule has 40 heavy (non-hydrogen) atoms. The second kappa shape index (κ2) is 11.5. The number of aromatic amines is 1. The van der Waals surface area contributed by atoms with E-state index in [2.05, 4.69) is 37.5 Å². The second-order valence-electron chi connectivity index (χ2n) is 10.7. The lowest BCUT2D eigenvalue weighted by Gasteiger charge is -2.32. The highest BCUT2D eigenvalue weighted by molar-refractivity contribution is 5.82. The molecule has 1 aliphatic carbocycles. The lowest BCUT2D eigenvalue weighted by Crippen LogP contribution is -2.36. The predicted octanol–water partition coefficient (Wildman–Crippen LogP) is 5.91. The molecule has 8 heteroatoms. The maximum atomic E-state index is 13.8. The summed E-state index contributed by atoms with van der Waals surface area (Å²) in [6, 6.07) is 24.6. The maximum Gasteiger partial charge on any atom is 0.253 e. The van der Waals surface area contributed by atoms with Gasteiger partial charge in [0.1, 0.15) is 11.9 Å². The molecule has 0 radical (unpaired) electrons. The minimum Gasteiger partial charge on any atom is -0.321 e. The van der Waals surface area contributed by atoms with Crippen molar-refractivity contribution >= 4 is 10.9 Å². The van der Waals surface area contributed by atoms with E-state index in [4.69, 9.17) is 0 Å². The molecule has 3 aromatic carbocycles. The van der Waals surface area contributed by atoms with Gasteiger partial charge in [-0.05, 0) is 76.9 Å². The van der Waals surface area contributed by atoms with Crippen molar-refractivity contribution in [2.75, 3.05) is 6.54 Å². The Morgan fingerprint density at radius 1 is 1.00 bits per heavy atom. The summed E-state index contributed by atoms with van der Waals surface area (Å²) in [7, 11) is 0. The van der Waals surface area contributed by atoms with Gasteiger partial charge in [0.25, 0.3) is 5.56 Å². The highest BCUT2D eigenvalue weighted by Gasteiger charge is 2.33. The number of nitrogens with one attached hydrogen (secondary N) is 1. The molecule has 7 nitrogen and oxygen atoms in total. The Balaban J connectivity index is 1.50. The summed E-state index contributed by atoms with van der Waals surface area (Å²) in [5.74, 6) is 0.391. The number of rotatable bonds is 9. The summed E-state index contributed by atoms with van der Waals surface area (Å²) in [5, 5.41) is 14.1. The fourth-order valence-corrected chi connectivity index (χ4v) is 5.93. The van der Waals surface area contributed by atoms with Crippen LogP contribution in [0.15, 0.2) is 83.7 Å². The molecule has 0 bridgehead atoms. The van der Waals surface area contributed by atoms with E-state index < -0.39 is 6.04 Å². The fourth-order valence-electron chi connectivity index (χ4n) is 5.93. The third-order valence-corrected chi connectivity index (χ3v) is 8.04. The van der Waals surface area contributed by atoms with Gasteiger partial charge in [0, 0.05) is 18.7 Å². The average molecular weight is 537 g/mol. The van der Waals surface area contributed by atoms with E-state index in [1.165, 1.54) is 17.7 Å². The summed E-state index contributed by atoms with van der Waals surface area (Å²) in [5.41, 5.74) is 4.44. The molecule has 2 heterocycles. The van der Waals surface area contributed by atoms with E-state index in [0.29, 0.717) is 24.5 Å². The molecule has 2 aromatic heterocycles. The van der Waals surface area contributed by atoms with Crippen LogP contribution in [0.3, 0.4) is 0 Å². The number of tetrazole rings is 1. The van der Waals surface area contributed by atoms with Crippen LogP contribution < -0.4 is 5.56 Å². The highest BCUT2D eigenvalue weighted by Crippen LogP contribution is 2.34. The van der Waals surface area contributed by atoms with Crippen LogP contribution >= 0.6 is 0 Å². The van der Waals surface area contributed by atoms with Crippen molar-refractivity contribution in [3.05, 3.63) is 123 Å². The minimum atomic E-state index is -0.502.